The Kier molecular flexibility index (Phi) is 4.18. The van der Waals surface area contributed by atoms with Crippen molar-refractivity contribution in [2.45, 2.75) is 6.42 Å². The summed E-state index contributed by atoms with van der Waals surface area (Å²) in [7, 11) is 0. The van der Waals surface area contributed by atoms with Crippen molar-refractivity contribution in [2.75, 3.05) is 11.1 Å². The van der Waals surface area contributed by atoms with Crippen LogP contribution >= 0.6 is 11.6 Å². The number of carbonyl (C=O) groups is 1. The van der Waals surface area contributed by atoms with Gasteiger partial charge in [-0.15, -0.1) is 0 Å². The van der Waals surface area contributed by atoms with E-state index >= 15 is 0 Å². The van der Waals surface area contributed by atoms with Gasteiger partial charge in [0.05, 0.1) is 40.6 Å². The predicted molar refractivity (Wildman–Crippen MR) is 77.2 cm³/mol. The van der Waals surface area contributed by atoms with E-state index in [0.717, 1.165) is 0 Å². The molecule has 0 radical (unpaired) electrons. The largest absolute Gasteiger partial charge is 0.397 e. The van der Waals surface area contributed by atoms with Gasteiger partial charge in [-0.25, -0.2) is 0 Å². The van der Waals surface area contributed by atoms with Crippen molar-refractivity contribution < 1.29 is 4.79 Å². The van der Waals surface area contributed by atoms with Gasteiger partial charge in [-0.2, -0.15) is 5.26 Å². The number of benzene rings is 1. The Morgan fingerprint density at radius 1 is 1.40 bits per heavy atom. The summed E-state index contributed by atoms with van der Waals surface area (Å²) in [6.07, 6.45) is 1.62. The van der Waals surface area contributed by atoms with Crippen LogP contribution in [0.2, 0.25) is 5.02 Å². The molecule has 20 heavy (non-hydrogen) atoms. The standard InChI is InChI=1S/C14H11ClN4O/c15-12-5-9(7-16)1-4-13(12)19-14(20)6-11-3-2-10(17)8-18-11/h1-5,8H,6,17H2,(H,19,20). The average Bonchev–Trinajstić information content (AvgIpc) is 2.43. The number of aromatic nitrogens is 1. The molecular formula is C14H11ClN4O. The minimum atomic E-state index is -0.242. The lowest BCUT2D eigenvalue weighted by Gasteiger charge is -2.07. The number of nitrogens with one attached hydrogen (secondary N) is 1. The van der Waals surface area contributed by atoms with Crippen LogP contribution in [0.4, 0.5) is 11.4 Å². The van der Waals surface area contributed by atoms with E-state index in [1.165, 1.54) is 12.3 Å². The monoisotopic (exact) mass is 286 g/mol. The van der Waals surface area contributed by atoms with Crippen molar-refractivity contribution in [3.8, 4) is 6.07 Å². The van der Waals surface area contributed by atoms with Gasteiger partial charge < -0.3 is 11.1 Å². The number of carbonyl (C=O) groups excluding carboxylic acids is 1. The minimum Gasteiger partial charge on any atom is -0.397 e. The molecule has 1 heterocycles. The number of hydrogen-bond donors (Lipinski definition) is 2. The smallest absolute Gasteiger partial charge is 0.230 e. The molecule has 1 aromatic heterocycles. The molecule has 0 saturated heterocycles. The highest BCUT2D eigenvalue weighted by Crippen LogP contribution is 2.22. The van der Waals surface area contributed by atoms with Crippen molar-refractivity contribution in [3.63, 3.8) is 0 Å². The van der Waals surface area contributed by atoms with Gasteiger partial charge in [0.2, 0.25) is 5.91 Å². The second kappa shape index (κ2) is 6.04. The molecule has 100 valence electrons. The summed E-state index contributed by atoms with van der Waals surface area (Å²) in [6.45, 7) is 0. The lowest BCUT2D eigenvalue weighted by atomic mass is 10.2. The Balaban J connectivity index is 2.05. The minimum absolute atomic E-state index is 0.122. The third-order valence-corrected chi connectivity index (χ3v) is 2.87. The van der Waals surface area contributed by atoms with Gasteiger partial charge in [0.1, 0.15) is 0 Å². The number of amides is 1. The molecule has 0 aliphatic carbocycles. The zero-order valence-corrected chi connectivity index (χ0v) is 11.2. The van der Waals surface area contributed by atoms with Crippen LogP contribution in [0.1, 0.15) is 11.3 Å². The number of rotatable bonds is 3. The molecule has 5 nitrogen and oxygen atoms in total. The summed E-state index contributed by atoms with van der Waals surface area (Å²) in [5.41, 5.74) is 7.58. The van der Waals surface area contributed by atoms with Gasteiger partial charge in [-0.3, -0.25) is 9.78 Å². The lowest BCUT2D eigenvalue weighted by molar-refractivity contribution is -0.115. The van der Waals surface area contributed by atoms with Crippen molar-refractivity contribution >= 4 is 28.9 Å². The lowest BCUT2D eigenvalue weighted by Crippen LogP contribution is -2.15. The van der Waals surface area contributed by atoms with Crippen LogP contribution in [-0.4, -0.2) is 10.9 Å². The number of anilines is 2. The fourth-order valence-electron chi connectivity index (χ4n) is 1.59. The molecule has 0 aliphatic heterocycles. The van der Waals surface area contributed by atoms with Crippen LogP contribution in [0.25, 0.3) is 0 Å². The molecule has 0 spiro atoms. The number of nitrogen functional groups attached to an aromatic ring is 1. The zero-order chi connectivity index (χ0) is 14.5. The maximum Gasteiger partial charge on any atom is 0.230 e. The van der Waals surface area contributed by atoms with E-state index in [4.69, 9.17) is 22.6 Å². The van der Waals surface area contributed by atoms with Gasteiger partial charge in [0, 0.05) is 5.69 Å². The van der Waals surface area contributed by atoms with Gasteiger partial charge in [-0.05, 0) is 30.3 Å². The third-order valence-electron chi connectivity index (χ3n) is 2.56. The summed E-state index contributed by atoms with van der Waals surface area (Å²) < 4.78 is 0. The molecule has 3 N–H and O–H groups in total. The van der Waals surface area contributed by atoms with Crippen LogP contribution in [0.3, 0.4) is 0 Å². The van der Waals surface area contributed by atoms with E-state index in [2.05, 4.69) is 10.3 Å². The average molecular weight is 287 g/mol. The molecule has 2 rings (SSSR count). The van der Waals surface area contributed by atoms with Crippen molar-refractivity contribution in [3.05, 3.63) is 52.8 Å². The van der Waals surface area contributed by atoms with Crippen LogP contribution in [0, 0.1) is 11.3 Å². The molecule has 0 aliphatic rings. The highest BCUT2D eigenvalue weighted by atomic mass is 35.5. The first-order valence-corrected chi connectivity index (χ1v) is 6.16. The Labute approximate surface area is 121 Å². The van der Waals surface area contributed by atoms with Crippen molar-refractivity contribution in [1.29, 1.82) is 5.26 Å². The summed E-state index contributed by atoms with van der Waals surface area (Å²) in [5.74, 6) is -0.242. The molecule has 0 fully saturated rings. The van der Waals surface area contributed by atoms with Crippen molar-refractivity contribution in [1.82, 2.24) is 4.98 Å². The topological polar surface area (TPSA) is 91.8 Å². The van der Waals surface area contributed by atoms with Gasteiger partial charge >= 0.3 is 0 Å². The molecule has 0 bridgehead atoms. The van der Waals surface area contributed by atoms with Crippen LogP contribution in [0.5, 0.6) is 0 Å². The first-order valence-electron chi connectivity index (χ1n) is 5.78. The SMILES string of the molecule is N#Cc1ccc(NC(=O)Cc2ccc(N)cn2)c(Cl)c1. The summed E-state index contributed by atoms with van der Waals surface area (Å²) in [5, 5.41) is 11.7. The third kappa shape index (κ3) is 3.46. The number of pyridine rings is 1. The fourth-order valence-corrected chi connectivity index (χ4v) is 1.81. The van der Waals surface area contributed by atoms with E-state index in [9.17, 15) is 4.79 Å². The molecule has 1 aromatic carbocycles. The van der Waals surface area contributed by atoms with E-state index in [-0.39, 0.29) is 12.3 Å². The van der Waals surface area contributed by atoms with Crippen molar-refractivity contribution in [2.24, 2.45) is 0 Å². The molecule has 0 atom stereocenters. The number of hydrogen-bond acceptors (Lipinski definition) is 4. The second-order valence-corrected chi connectivity index (χ2v) is 4.52. The van der Waals surface area contributed by atoms with E-state index in [0.29, 0.717) is 27.7 Å². The number of nitriles is 1. The first-order chi connectivity index (χ1) is 9.58. The quantitative estimate of drug-likeness (QED) is 0.906. The highest BCUT2D eigenvalue weighted by Gasteiger charge is 2.08. The molecule has 0 saturated carbocycles. The summed E-state index contributed by atoms with van der Waals surface area (Å²) in [6, 6.07) is 10.0. The molecular weight excluding hydrogens is 276 g/mol. The second-order valence-electron chi connectivity index (χ2n) is 4.11. The van der Waals surface area contributed by atoms with Gasteiger partial charge in [-0.1, -0.05) is 11.6 Å². The number of nitrogens with zero attached hydrogens (tertiary/aromatic N) is 2. The maximum atomic E-state index is 11.9. The fraction of sp³-hybridized carbons (Fsp3) is 0.0714. The maximum absolute atomic E-state index is 11.9. The predicted octanol–water partition coefficient (Wildman–Crippen LogP) is 2.37. The first kappa shape index (κ1) is 13.8. The number of halogens is 1. The van der Waals surface area contributed by atoms with Crippen LogP contribution in [-0.2, 0) is 11.2 Å². The Morgan fingerprint density at radius 2 is 2.20 bits per heavy atom. The Hall–Kier alpha value is -2.58. The zero-order valence-electron chi connectivity index (χ0n) is 10.4. The highest BCUT2D eigenvalue weighted by molar-refractivity contribution is 6.33. The summed E-state index contributed by atoms with van der Waals surface area (Å²) >= 11 is 5.98. The molecule has 6 heteroatoms. The number of nitrogens with two attached hydrogens (primary N) is 1. The van der Waals surface area contributed by atoms with E-state index in [1.807, 2.05) is 6.07 Å². The summed E-state index contributed by atoms with van der Waals surface area (Å²) in [4.78, 5) is 15.9. The molecule has 2 aromatic rings. The van der Waals surface area contributed by atoms with Gasteiger partial charge in [0.15, 0.2) is 0 Å². The molecule has 0 unspecified atom stereocenters. The Bertz CT molecular complexity index is 677. The van der Waals surface area contributed by atoms with E-state index < -0.39 is 0 Å². The van der Waals surface area contributed by atoms with Gasteiger partial charge in [0.25, 0.3) is 0 Å². The van der Waals surface area contributed by atoms with E-state index in [1.54, 1.807) is 24.3 Å². The Morgan fingerprint density at radius 3 is 2.80 bits per heavy atom. The normalized spacial score (nSPS) is 9.80. The van der Waals surface area contributed by atoms with Crippen LogP contribution < -0.4 is 11.1 Å². The van der Waals surface area contributed by atoms with Crippen LogP contribution in [0.15, 0.2) is 36.5 Å². The molecule has 1 amide bonds.